The number of hydrogen-bond acceptors (Lipinski definition) is 4. The van der Waals surface area contributed by atoms with Gasteiger partial charge in [-0.25, -0.2) is 0 Å². The summed E-state index contributed by atoms with van der Waals surface area (Å²) in [6.07, 6.45) is 5.26. The number of hydrogen-bond donors (Lipinski definition) is 1. The molecule has 0 bridgehead atoms. The van der Waals surface area contributed by atoms with Crippen LogP contribution in [0.3, 0.4) is 0 Å². The molecule has 0 saturated heterocycles. The molecule has 1 N–H and O–H groups in total. The lowest BCUT2D eigenvalue weighted by Crippen LogP contribution is -2.33. The van der Waals surface area contributed by atoms with Crippen molar-refractivity contribution in [2.75, 3.05) is 34.0 Å². The maximum Gasteiger partial charge on any atom is 0.0700 e. The van der Waals surface area contributed by atoms with Crippen LogP contribution in [0, 0.1) is 0 Å². The zero-order valence-electron chi connectivity index (χ0n) is 11.9. The van der Waals surface area contributed by atoms with E-state index in [1.165, 1.54) is 17.7 Å². The van der Waals surface area contributed by atoms with Crippen LogP contribution in [0.5, 0.6) is 0 Å². The number of likely N-dealkylation sites (N-methyl/N-ethyl adjacent to an activating group) is 1. The Morgan fingerprint density at radius 1 is 1.42 bits per heavy atom. The monoisotopic (exact) mass is 264 g/mol. The van der Waals surface area contributed by atoms with Crippen LogP contribution >= 0.6 is 0 Å². The summed E-state index contributed by atoms with van der Waals surface area (Å²) in [5.74, 6) is 0.521. The van der Waals surface area contributed by atoms with Gasteiger partial charge in [-0.1, -0.05) is 6.07 Å². The molecule has 106 valence electrons. The Bertz CT molecular complexity index is 384. The number of ether oxygens (including phenoxy) is 2. The van der Waals surface area contributed by atoms with Crippen molar-refractivity contribution in [1.82, 2.24) is 10.3 Å². The normalized spacial score (nSPS) is 19.4. The van der Waals surface area contributed by atoms with E-state index in [9.17, 15) is 0 Å². The smallest absolute Gasteiger partial charge is 0.0700 e. The Labute approximate surface area is 115 Å². The molecular formula is C15H24N2O2. The predicted molar refractivity (Wildman–Crippen MR) is 75.5 cm³/mol. The summed E-state index contributed by atoms with van der Waals surface area (Å²) >= 11 is 0. The Balaban J connectivity index is 1.85. The third-order valence-electron chi connectivity index (χ3n) is 3.86. The molecule has 2 rings (SSSR count). The molecule has 0 amide bonds. The van der Waals surface area contributed by atoms with Gasteiger partial charge in [0.25, 0.3) is 0 Å². The van der Waals surface area contributed by atoms with Crippen LogP contribution in [0.25, 0.3) is 0 Å². The van der Waals surface area contributed by atoms with Gasteiger partial charge in [0.2, 0.25) is 0 Å². The summed E-state index contributed by atoms with van der Waals surface area (Å²) < 4.78 is 10.5. The van der Waals surface area contributed by atoms with Crippen molar-refractivity contribution in [2.24, 2.45) is 0 Å². The van der Waals surface area contributed by atoms with Crippen molar-refractivity contribution in [1.29, 1.82) is 0 Å². The number of pyridine rings is 1. The van der Waals surface area contributed by atoms with E-state index in [0.717, 1.165) is 19.4 Å². The van der Waals surface area contributed by atoms with Crippen molar-refractivity contribution in [3.63, 3.8) is 0 Å². The molecule has 0 aliphatic heterocycles. The maximum absolute atomic E-state index is 5.57. The zero-order chi connectivity index (χ0) is 13.5. The van der Waals surface area contributed by atoms with E-state index in [1.807, 2.05) is 19.3 Å². The molecule has 4 nitrogen and oxygen atoms in total. The maximum atomic E-state index is 5.57. The molecule has 2 atom stereocenters. The summed E-state index contributed by atoms with van der Waals surface area (Å²) in [6.45, 7) is 2.11. The van der Waals surface area contributed by atoms with Crippen LogP contribution in [0.15, 0.2) is 18.3 Å². The summed E-state index contributed by atoms with van der Waals surface area (Å²) in [5.41, 5.74) is 2.69. The van der Waals surface area contributed by atoms with Gasteiger partial charge >= 0.3 is 0 Å². The number of aromatic nitrogens is 1. The second kappa shape index (κ2) is 7.58. The van der Waals surface area contributed by atoms with E-state index in [1.54, 1.807) is 7.11 Å². The molecule has 1 heterocycles. The van der Waals surface area contributed by atoms with Crippen molar-refractivity contribution in [3.05, 3.63) is 29.6 Å². The van der Waals surface area contributed by atoms with Crippen molar-refractivity contribution < 1.29 is 9.47 Å². The van der Waals surface area contributed by atoms with Crippen molar-refractivity contribution in [2.45, 2.75) is 31.2 Å². The standard InChI is InChI=1S/C15H24N2O2/c1-16-14(7-9-19-11-10-18-2)13-6-5-12-4-3-8-17-15(12)13/h3-4,8,13-14,16H,5-7,9-11H2,1-2H3. The van der Waals surface area contributed by atoms with E-state index in [4.69, 9.17) is 9.47 Å². The highest BCUT2D eigenvalue weighted by Crippen LogP contribution is 2.34. The number of aryl methyl sites for hydroxylation is 1. The zero-order valence-corrected chi connectivity index (χ0v) is 11.9. The first-order valence-corrected chi connectivity index (χ1v) is 7.04. The number of nitrogens with one attached hydrogen (secondary N) is 1. The average Bonchev–Trinajstić information content (AvgIpc) is 2.87. The fourth-order valence-electron chi connectivity index (χ4n) is 2.84. The molecule has 1 aliphatic rings. The van der Waals surface area contributed by atoms with E-state index in [-0.39, 0.29) is 0 Å². The van der Waals surface area contributed by atoms with Gasteiger partial charge in [0.15, 0.2) is 0 Å². The first-order valence-electron chi connectivity index (χ1n) is 7.04. The van der Waals surface area contributed by atoms with Crippen molar-refractivity contribution >= 4 is 0 Å². The van der Waals surface area contributed by atoms with Gasteiger partial charge in [-0.3, -0.25) is 4.98 Å². The van der Waals surface area contributed by atoms with Gasteiger partial charge in [-0.15, -0.1) is 0 Å². The summed E-state index contributed by atoms with van der Waals surface area (Å²) in [5, 5.41) is 3.42. The molecule has 1 aliphatic carbocycles. The molecule has 0 spiro atoms. The quantitative estimate of drug-likeness (QED) is 0.727. The van der Waals surface area contributed by atoms with Gasteiger partial charge in [-0.05, 0) is 37.9 Å². The second-order valence-electron chi connectivity index (χ2n) is 4.98. The number of methoxy groups -OCH3 is 1. The predicted octanol–water partition coefficient (Wildman–Crippen LogP) is 1.75. The van der Waals surface area contributed by atoms with E-state index in [0.29, 0.717) is 25.2 Å². The van der Waals surface area contributed by atoms with Gasteiger partial charge in [0.1, 0.15) is 0 Å². The SMILES string of the molecule is CNC(CCOCCOC)C1CCc2cccnc21. The van der Waals surface area contributed by atoms with E-state index >= 15 is 0 Å². The molecule has 0 aromatic carbocycles. The lowest BCUT2D eigenvalue weighted by atomic mass is 9.94. The average molecular weight is 264 g/mol. The molecule has 0 radical (unpaired) electrons. The third-order valence-corrected chi connectivity index (χ3v) is 3.86. The first-order chi connectivity index (χ1) is 9.36. The lowest BCUT2D eigenvalue weighted by Gasteiger charge is -2.23. The Kier molecular flexibility index (Phi) is 5.76. The minimum atomic E-state index is 0.443. The summed E-state index contributed by atoms with van der Waals surface area (Å²) in [6, 6.07) is 4.67. The minimum Gasteiger partial charge on any atom is -0.382 e. The van der Waals surface area contributed by atoms with Gasteiger partial charge in [0, 0.05) is 37.6 Å². The molecule has 0 fully saturated rings. The van der Waals surface area contributed by atoms with E-state index in [2.05, 4.69) is 16.4 Å². The Hall–Kier alpha value is -0.970. The second-order valence-corrected chi connectivity index (χ2v) is 4.98. The molecule has 0 saturated carbocycles. The Morgan fingerprint density at radius 2 is 2.32 bits per heavy atom. The molecule has 2 unspecified atom stereocenters. The highest BCUT2D eigenvalue weighted by Gasteiger charge is 2.29. The Morgan fingerprint density at radius 3 is 3.11 bits per heavy atom. The van der Waals surface area contributed by atoms with Gasteiger partial charge in [0.05, 0.1) is 13.2 Å². The highest BCUT2D eigenvalue weighted by molar-refractivity contribution is 5.29. The minimum absolute atomic E-state index is 0.443. The van der Waals surface area contributed by atoms with E-state index < -0.39 is 0 Å². The first kappa shape index (κ1) is 14.4. The third kappa shape index (κ3) is 3.75. The van der Waals surface area contributed by atoms with Gasteiger partial charge < -0.3 is 14.8 Å². The fourth-order valence-corrected chi connectivity index (χ4v) is 2.84. The fraction of sp³-hybridized carbons (Fsp3) is 0.667. The lowest BCUT2D eigenvalue weighted by molar-refractivity contribution is 0.0649. The van der Waals surface area contributed by atoms with Crippen LogP contribution in [0.1, 0.15) is 30.0 Å². The van der Waals surface area contributed by atoms with Gasteiger partial charge in [-0.2, -0.15) is 0 Å². The highest BCUT2D eigenvalue weighted by atomic mass is 16.5. The molecule has 1 aromatic rings. The molecule has 19 heavy (non-hydrogen) atoms. The van der Waals surface area contributed by atoms with Crippen LogP contribution < -0.4 is 5.32 Å². The number of nitrogens with zero attached hydrogens (tertiary/aromatic N) is 1. The number of fused-ring (bicyclic) bond motifs is 1. The number of rotatable bonds is 8. The van der Waals surface area contributed by atoms with Crippen LogP contribution in [-0.2, 0) is 15.9 Å². The van der Waals surface area contributed by atoms with Crippen LogP contribution in [-0.4, -0.2) is 45.0 Å². The topological polar surface area (TPSA) is 43.4 Å². The van der Waals surface area contributed by atoms with Crippen LogP contribution in [0.4, 0.5) is 0 Å². The summed E-state index contributed by atoms with van der Waals surface area (Å²) in [4.78, 5) is 4.57. The molecule has 4 heteroatoms. The summed E-state index contributed by atoms with van der Waals surface area (Å²) in [7, 11) is 3.72. The molecular weight excluding hydrogens is 240 g/mol. The van der Waals surface area contributed by atoms with Crippen LogP contribution in [0.2, 0.25) is 0 Å². The van der Waals surface area contributed by atoms with Crippen molar-refractivity contribution in [3.8, 4) is 0 Å². The molecule has 1 aromatic heterocycles. The largest absolute Gasteiger partial charge is 0.382 e.